The molecule has 4 heterocycles. The number of amides is 2. The highest BCUT2D eigenvalue weighted by Gasteiger charge is 2.47. The molecule has 0 saturated carbocycles. The summed E-state index contributed by atoms with van der Waals surface area (Å²) in [6, 6.07) is 0. The highest BCUT2D eigenvalue weighted by atomic mass is 79.9. The number of unbranched alkanes of at least 4 members (excludes halogenated alkanes) is 2. The van der Waals surface area contributed by atoms with Crippen molar-refractivity contribution < 1.29 is 9.59 Å². The maximum absolute atomic E-state index is 14.8. The van der Waals surface area contributed by atoms with Crippen molar-refractivity contribution in [2.75, 3.05) is 22.9 Å². The summed E-state index contributed by atoms with van der Waals surface area (Å²) in [5.41, 5.74) is 9.91. The van der Waals surface area contributed by atoms with Crippen molar-refractivity contribution in [2.24, 2.45) is 11.8 Å². The number of hydrogen-bond donors (Lipinski definition) is 0. The van der Waals surface area contributed by atoms with Gasteiger partial charge in [-0.1, -0.05) is 117 Å². The van der Waals surface area contributed by atoms with Crippen LogP contribution in [0.15, 0.2) is 8.95 Å². The fraction of sp³-hybridized carbons (Fsp3) is 0.579. The SMILES string of the molecule is CCCCC(CC)CN1C(=O)/C(=C2/C(=O)N(CC(CC)CCCC)c3c2sc(C#C[Si](C)(C)C)c3Br)c2sc(C#C[Si](C)(C)C)c(Br)c21. The number of nitrogens with zero attached hydrogens (tertiary/aromatic N) is 2. The molecule has 0 radical (unpaired) electrons. The van der Waals surface area contributed by atoms with Crippen LogP contribution in [0.2, 0.25) is 39.3 Å². The lowest BCUT2D eigenvalue weighted by Gasteiger charge is -2.24. The van der Waals surface area contributed by atoms with Crippen molar-refractivity contribution in [1.82, 2.24) is 0 Å². The molecule has 2 aliphatic heterocycles. The number of fused-ring (bicyclic) bond motifs is 2. The normalized spacial score (nSPS) is 17.2. The minimum absolute atomic E-state index is 0.0648. The monoisotopic (exact) mass is 846 g/mol. The van der Waals surface area contributed by atoms with E-state index in [-0.39, 0.29) is 11.8 Å². The summed E-state index contributed by atoms with van der Waals surface area (Å²) in [7, 11) is -3.29. The maximum Gasteiger partial charge on any atom is 0.260 e. The minimum Gasteiger partial charge on any atom is -0.305 e. The number of rotatable bonds is 12. The Morgan fingerprint density at radius 2 is 1.00 bits per heavy atom. The quantitative estimate of drug-likeness (QED) is 0.121. The van der Waals surface area contributed by atoms with Crippen molar-refractivity contribution in [3.8, 4) is 22.9 Å². The van der Waals surface area contributed by atoms with E-state index in [9.17, 15) is 9.59 Å². The summed E-state index contributed by atoms with van der Waals surface area (Å²) < 4.78 is 1.76. The summed E-state index contributed by atoms with van der Waals surface area (Å²) in [6.45, 7) is 23.6. The number of carbonyl (C=O) groups is 2. The van der Waals surface area contributed by atoms with Gasteiger partial charge in [0.15, 0.2) is 0 Å². The fourth-order valence-corrected chi connectivity index (χ4v) is 11.2. The molecule has 4 rings (SSSR count). The first-order valence-electron chi connectivity index (χ1n) is 17.7. The number of thiophene rings is 2. The lowest BCUT2D eigenvalue weighted by molar-refractivity contribution is -0.114. The fourth-order valence-electron chi connectivity index (χ4n) is 6.08. The summed E-state index contributed by atoms with van der Waals surface area (Å²) >= 11 is 10.9. The lowest BCUT2D eigenvalue weighted by Crippen LogP contribution is -2.34. The van der Waals surface area contributed by atoms with E-state index in [0.29, 0.717) is 36.1 Å². The Bertz CT molecular complexity index is 1580. The van der Waals surface area contributed by atoms with E-state index < -0.39 is 16.1 Å². The third-order valence-electron chi connectivity index (χ3n) is 8.89. The molecular formula is C38H52Br2N2O2S2Si2. The van der Waals surface area contributed by atoms with Gasteiger partial charge in [-0.2, -0.15) is 0 Å². The van der Waals surface area contributed by atoms with Gasteiger partial charge in [0, 0.05) is 13.1 Å². The van der Waals surface area contributed by atoms with E-state index in [2.05, 4.69) is 122 Å². The third kappa shape index (κ3) is 8.72. The van der Waals surface area contributed by atoms with Crippen molar-refractivity contribution in [3.05, 3.63) is 28.5 Å². The van der Waals surface area contributed by atoms with Gasteiger partial charge in [-0.05, 0) is 56.5 Å². The van der Waals surface area contributed by atoms with Crippen LogP contribution in [0.4, 0.5) is 11.4 Å². The Morgan fingerprint density at radius 1 is 0.646 bits per heavy atom. The molecule has 0 N–H and O–H groups in total. The molecule has 0 fully saturated rings. The smallest absolute Gasteiger partial charge is 0.260 e. The average molecular weight is 849 g/mol. The Balaban J connectivity index is 1.98. The van der Waals surface area contributed by atoms with Crippen LogP contribution >= 0.6 is 54.5 Å². The Morgan fingerprint density at radius 3 is 1.29 bits per heavy atom. The Kier molecular flexibility index (Phi) is 13.4. The summed E-state index contributed by atoms with van der Waals surface area (Å²) in [6.07, 6.45) is 8.68. The molecule has 2 atom stereocenters. The molecule has 0 aromatic carbocycles. The zero-order valence-corrected chi connectivity index (χ0v) is 37.3. The molecule has 0 spiro atoms. The summed E-state index contributed by atoms with van der Waals surface area (Å²) in [5, 5.41) is 0. The third-order valence-corrected chi connectivity index (χ3v) is 14.9. The number of hydrogen-bond acceptors (Lipinski definition) is 4. The van der Waals surface area contributed by atoms with Crippen LogP contribution in [-0.2, 0) is 9.59 Å². The Labute approximate surface area is 316 Å². The molecule has 4 nitrogen and oxygen atoms in total. The zero-order chi connectivity index (χ0) is 35.6. The van der Waals surface area contributed by atoms with Crippen molar-refractivity contribution >= 4 is 105 Å². The molecule has 48 heavy (non-hydrogen) atoms. The van der Waals surface area contributed by atoms with E-state index in [1.807, 2.05) is 9.80 Å². The van der Waals surface area contributed by atoms with Crippen LogP contribution in [-0.4, -0.2) is 41.1 Å². The molecule has 2 amide bonds. The van der Waals surface area contributed by atoms with Crippen LogP contribution in [0, 0.1) is 34.8 Å². The summed E-state index contributed by atoms with van der Waals surface area (Å²) in [5.74, 6) is 7.58. The summed E-state index contributed by atoms with van der Waals surface area (Å²) in [4.78, 5) is 37.1. The van der Waals surface area contributed by atoms with Gasteiger partial charge in [0.2, 0.25) is 0 Å². The highest BCUT2D eigenvalue weighted by Crippen LogP contribution is 2.56. The predicted octanol–water partition coefficient (Wildman–Crippen LogP) is 11.8. The maximum atomic E-state index is 14.8. The molecule has 2 aromatic rings. The second kappa shape index (κ2) is 16.3. The van der Waals surface area contributed by atoms with Crippen LogP contribution < -0.4 is 9.80 Å². The largest absolute Gasteiger partial charge is 0.305 e. The first-order valence-corrected chi connectivity index (χ1v) is 27.9. The molecule has 260 valence electrons. The highest BCUT2D eigenvalue weighted by molar-refractivity contribution is 9.11. The van der Waals surface area contributed by atoms with Gasteiger partial charge in [0.25, 0.3) is 11.8 Å². The lowest BCUT2D eigenvalue weighted by atomic mass is 9.98. The Hall–Kier alpha value is -1.41. The van der Waals surface area contributed by atoms with E-state index >= 15 is 0 Å². The van der Waals surface area contributed by atoms with Gasteiger partial charge in [-0.25, -0.2) is 0 Å². The molecule has 2 aliphatic rings. The van der Waals surface area contributed by atoms with Gasteiger partial charge in [0.1, 0.15) is 16.1 Å². The van der Waals surface area contributed by atoms with Crippen LogP contribution in [0.1, 0.15) is 98.6 Å². The van der Waals surface area contributed by atoms with E-state index in [1.165, 1.54) is 0 Å². The van der Waals surface area contributed by atoms with E-state index in [0.717, 1.165) is 91.2 Å². The van der Waals surface area contributed by atoms with Crippen LogP contribution in [0.25, 0.3) is 11.1 Å². The van der Waals surface area contributed by atoms with E-state index in [1.54, 1.807) is 22.7 Å². The topological polar surface area (TPSA) is 40.6 Å². The molecule has 2 aromatic heterocycles. The van der Waals surface area contributed by atoms with Gasteiger partial charge < -0.3 is 9.80 Å². The first-order chi connectivity index (χ1) is 22.6. The number of halogens is 2. The second-order valence-corrected chi connectivity index (χ2v) is 28.4. The number of carbonyl (C=O) groups excluding carboxylic acids is 2. The van der Waals surface area contributed by atoms with Gasteiger partial charge in [-0.15, -0.1) is 33.8 Å². The van der Waals surface area contributed by atoms with Crippen LogP contribution in [0.5, 0.6) is 0 Å². The van der Waals surface area contributed by atoms with Crippen LogP contribution in [0.3, 0.4) is 0 Å². The van der Waals surface area contributed by atoms with Gasteiger partial charge in [0.05, 0.1) is 51.0 Å². The molecule has 0 bridgehead atoms. The van der Waals surface area contributed by atoms with Gasteiger partial charge in [-0.3, -0.25) is 9.59 Å². The molecule has 2 unspecified atom stereocenters. The first kappa shape index (κ1) is 39.4. The number of anilines is 2. The molecular weight excluding hydrogens is 797 g/mol. The second-order valence-electron chi connectivity index (χ2n) is 15.3. The molecule has 0 aliphatic carbocycles. The molecule has 10 heteroatoms. The van der Waals surface area contributed by atoms with Crippen molar-refractivity contribution in [3.63, 3.8) is 0 Å². The standard InChI is InChI=1S/C38H52Br2N2O2S2Si2/c1-11-15-17-25(13-3)23-41-33-31(39)27(19-21-47(5,6)7)45-35(33)29(37(41)43)30-36-34(32(40)28(46-36)20-22-48(8,9)10)42(38(30)44)24-26(14-4)18-16-12-2/h25-26H,11-18,23-24H2,1-10H3/b30-29+. The zero-order valence-electron chi connectivity index (χ0n) is 30.5. The van der Waals surface area contributed by atoms with Gasteiger partial charge >= 0.3 is 0 Å². The van der Waals surface area contributed by atoms with E-state index in [4.69, 9.17) is 0 Å². The predicted molar refractivity (Wildman–Crippen MR) is 223 cm³/mol. The molecule has 0 saturated heterocycles. The van der Waals surface area contributed by atoms with Crippen molar-refractivity contribution in [2.45, 2.75) is 118 Å². The average Bonchev–Trinajstić information content (AvgIpc) is 3.68. The van der Waals surface area contributed by atoms with Crippen molar-refractivity contribution in [1.29, 1.82) is 0 Å². The minimum atomic E-state index is -1.65.